The quantitative estimate of drug-likeness (QED) is 0.697. The Labute approximate surface area is 122 Å². The molecule has 3 heterocycles. The molecule has 0 saturated carbocycles. The Bertz CT molecular complexity index is 197. The molecule has 116 valence electrons. The average molecular weight is 272 g/mol. The van der Waals surface area contributed by atoms with Crippen molar-refractivity contribution in [2.24, 2.45) is 0 Å². The summed E-state index contributed by atoms with van der Waals surface area (Å²) in [5.74, 6) is 0. The molecular formula is C17H39N2+. The second-order valence-electron chi connectivity index (χ2n) is 6.20. The predicted molar refractivity (Wildman–Crippen MR) is 87.6 cm³/mol. The first kappa shape index (κ1) is 18.9. The van der Waals surface area contributed by atoms with Crippen molar-refractivity contribution in [2.75, 3.05) is 45.8 Å². The van der Waals surface area contributed by atoms with Gasteiger partial charge in [-0.15, -0.1) is 0 Å². The third-order valence-corrected chi connectivity index (χ3v) is 4.81. The van der Waals surface area contributed by atoms with E-state index in [-0.39, 0.29) is 14.9 Å². The molecule has 0 unspecified atom stereocenters. The van der Waals surface area contributed by atoms with Crippen LogP contribution in [0.5, 0.6) is 0 Å². The van der Waals surface area contributed by atoms with Gasteiger partial charge in [0.05, 0.1) is 26.2 Å². The van der Waals surface area contributed by atoms with Crippen molar-refractivity contribution in [3.63, 3.8) is 0 Å². The molecule has 3 fully saturated rings. The molecule has 1 spiro atoms. The normalized spacial score (nSPS) is 23.8. The molecule has 3 saturated heterocycles. The van der Waals surface area contributed by atoms with Gasteiger partial charge in [0, 0.05) is 19.3 Å². The van der Waals surface area contributed by atoms with Gasteiger partial charge in [0.1, 0.15) is 0 Å². The van der Waals surface area contributed by atoms with Gasteiger partial charge in [-0.25, -0.2) is 0 Å². The van der Waals surface area contributed by atoms with Crippen molar-refractivity contribution in [1.29, 1.82) is 0 Å². The van der Waals surface area contributed by atoms with Gasteiger partial charge in [-0.3, -0.25) is 0 Å². The fraction of sp³-hybridized carbons (Fsp3) is 1.00. The molecule has 0 aromatic rings. The van der Waals surface area contributed by atoms with Gasteiger partial charge in [0.25, 0.3) is 0 Å². The lowest BCUT2D eigenvalue weighted by Gasteiger charge is -2.41. The second-order valence-corrected chi connectivity index (χ2v) is 6.20. The second kappa shape index (κ2) is 9.77. The van der Waals surface area contributed by atoms with Gasteiger partial charge in [-0.05, 0) is 38.9 Å². The molecule has 19 heavy (non-hydrogen) atoms. The minimum Gasteiger partial charge on any atom is -0.323 e. The molecule has 0 aliphatic carbocycles. The zero-order valence-corrected chi connectivity index (χ0v) is 11.8. The lowest BCUT2D eigenvalue weighted by atomic mass is 10.1. The van der Waals surface area contributed by atoms with Crippen LogP contribution in [0.4, 0.5) is 0 Å². The Kier molecular flexibility index (Phi) is 9.72. The van der Waals surface area contributed by atoms with E-state index >= 15 is 0 Å². The van der Waals surface area contributed by atoms with Gasteiger partial charge >= 0.3 is 0 Å². The fourth-order valence-electron chi connectivity index (χ4n) is 3.45. The van der Waals surface area contributed by atoms with E-state index in [1.54, 1.807) is 0 Å². The van der Waals surface area contributed by atoms with Crippen molar-refractivity contribution in [3.05, 3.63) is 0 Å². The highest BCUT2D eigenvalue weighted by Crippen LogP contribution is 2.26. The van der Waals surface area contributed by atoms with Crippen LogP contribution < -0.4 is 0 Å². The highest BCUT2D eigenvalue weighted by atomic mass is 15.4. The standard InChI is InChI=1S/C8H17N.C7H14N.2CH4/c1-2-3-6-9-7-4-5-8-9;1-2-5-8(4-1)6-3-7-8;;/h2-8H2,1H3;1-7H2;2*1H4/q;+1;;. The van der Waals surface area contributed by atoms with E-state index in [4.69, 9.17) is 0 Å². The van der Waals surface area contributed by atoms with Crippen LogP contribution in [0.15, 0.2) is 0 Å². The van der Waals surface area contributed by atoms with Gasteiger partial charge in [0.15, 0.2) is 0 Å². The van der Waals surface area contributed by atoms with E-state index in [0.29, 0.717) is 0 Å². The smallest absolute Gasteiger partial charge is 0.0841 e. The zero-order valence-electron chi connectivity index (χ0n) is 11.8. The van der Waals surface area contributed by atoms with Crippen molar-refractivity contribution in [3.8, 4) is 0 Å². The van der Waals surface area contributed by atoms with Crippen LogP contribution >= 0.6 is 0 Å². The molecule has 3 rings (SSSR count). The number of hydrogen-bond donors (Lipinski definition) is 0. The van der Waals surface area contributed by atoms with Gasteiger partial charge in [0.2, 0.25) is 0 Å². The molecule has 2 heteroatoms. The summed E-state index contributed by atoms with van der Waals surface area (Å²) in [5.41, 5.74) is 0. The van der Waals surface area contributed by atoms with Crippen LogP contribution in [0.25, 0.3) is 0 Å². The topological polar surface area (TPSA) is 3.24 Å². The first-order valence-corrected chi connectivity index (χ1v) is 7.92. The lowest BCUT2D eigenvalue weighted by molar-refractivity contribution is -0.952. The Morgan fingerprint density at radius 2 is 1.32 bits per heavy atom. The van der Waals surface area contributed by atoms with E-state index in [9.17, 15) is 0 Å². The maximum atomic E-state index is 2.57. The average Bonchev–Trinajstić information content (AvgIpc) is 2.97. The molecular weight excluding hydrogens is 232 g/mol. The summed E-state index contributed by atoms with van der Waals surface area (Å²) in [5, 5.41) is 0. The van der Waals surface area contributed by atoms with Crippen LogP contribution in [0.1, 0.15) is 66.7 Å². The zero-order chi connectivity index (χ0) is 12.0. The number of unbranched alkanes of at least 4 members (excludes halogenated alkanes) is 1. The Balaban J connectivity index is 0.000000309. The molecule has 0 N–H and O–H groups in total. The number of rotatable bonds is 3. The number of likely N-dealkylation sites (tertiary alicyclic amines) is 1. The number of nitrogens with zero attached hydrogens (tertiary/aromatic N) is 2. The summed E-state index contributed by atoms with van der Waals surface area (Å²) >= 11 is 0. The first-order chi connectivity index (χ1) is 8.35. The summed E-state index contributed by atoms with van der Waals surface area (Å²) in [7, 11) is 0. The van der Waals surface area contributed by atoms with Crippen LogP contribution in [-0.4, -0.2) is 55.2 Å². The van der Waals surface area contributed by atoms with E-state index < -0.39 is 0 Å². The summed E-state index contributed by atoms with van der Waals surface area (Å²) in [6.45, 7) is 12.3. The third kappa shape index (κ3) is 5.83. The fourth-order valence-corrected chi connectivity index (χ4v) is 3.45. The molecule has 0 aromatic carbocycles. The predicted octanol–water partition coefficient (Wildman–Crippen LogP) is 4.16. The number of hydrogen-bond acceptors (Lipinski definition) is 1. The van der Waals surface area contributed by atoms with Crippen LogP contribution in [0.2, 0.25) is 0 Å². The Morgan fingerprint density at radius 1 is 0.789 bits per heavy atom. The van der Waals surface area contributed by atoms with Crippen LogP contribution in [0.3, 0.4) is 0 Å². The van der Waals surface area contributed by atoms with E-state index in [1.807, 2.05) is 0 Å². The lowest BCUT2D eigenvalue weighted by Crippen LogP contribution is -2.55. The Hall–Kier alpha value is -0.0800. The maximum Gasteiger partial charge on any atom is 0.0841 e. The highest BCUT2D eigenvalue weighted by molar-refractivity contribution is 4.64. The van der Waals surface area contributed by atoms with E-state index in [1.165, 1.54) is 95.2 Å². The molecule has 3 aliphatic rings. The minimum atomic E-state index is 0. The van der Waals surface area contributed by atoms with E-state index in [2.05, 4.69) is 11.8 Å². The summed E-state index contributed by atoms with van der Waals surface area (Å²) in [4.78, 5) is 2.57. The van der Waals surface area contributed by atoms with Crippen molar-refractivity contribution < 1.29 is 4.48 Å². The van der Waals surface area contributed by atoms with Crippen molar-refractivity contribution in [1.82, 2.24) is 4.90 Å². The van der Waals surface area contributed by atoms with Gasteiger partial charge in [-0.2, -0.15) is 0 Å². The van der Waals surface area contributed by atoms with Gasteiger partial charge in [-0.1, -0.05) is 28.2 Å². The van der Waals surface area contributed by atoms with Crippen LogP contribution in [-0.2, 0) is 0 Å². The summed E-state index contributed by atoms with van der Waals surface area (Å²) < 4.78 is 1.50. The molecule has 0 radical (unpaired) electrons. The van der Waals surface area contributed by atoms with Crippen LogP contribution in [0, 0.1) is 0 Å². The summed E-state index contributed by atoms with van der Waals surface area (Å²) in [6, 6.07) is 0. The van der Waals surface area contributed by atoms with E-state index in [0.717, 1.165) is 0 Å². The summed E-state index contributed by atoms with van der Waals surface area (Å²) in [6.07, 6.45) is 10.1. The monoisotopic (exact) mass is 271 g/mol. The molecule has 0 atom stereocenters. The molecule has 2 nitrogen and oxygen atoms in total. The largest absolute Gasteiger partial charge is 0.323 e. The first-order valence-electron chi connectivity index (χ1n) is 7.92. The van der Waals surface area contributed by atoms with Crippen molar-refractivity contribution in [2.45, 2.75) is 66.7 Å². The molecule has 0 amide bonds. The minimum absolute atomic E-state index is 0. The molecule has 0 aromatic heterocycles. The highest BCUT2D eigenvalue weighted by Gasteiger charge is 2.37. The molecule has 3 aliphatic heterocycles. The van der Waals surface area contributed by atoms with Crippen molar-refractivity contribution >= 4 is 0 Å². The maximum absolute atomic E-state index is 2.57. The third-order valence-electron chi connectivity index (χ3n) is 4.81. The van der Waals surface area contributed by atoms with Gasteiger partial charge < -0.3 is 9.38 Å². The Morgan fingerprint density at radius 3 is 1.68 bits per heavy atom. The molecule has 0 bridgehead atoms. The number of quaternary nitrogens is 1. The SMILES string of the molecule is C.C.C1CC[N+]2(C1)CCC2.CCCCN1CCCC1.